The van der Waals surface area contributed by atoms with Gasteiger partial charge in [-0.1, -0.05) is 18.6 Å². The van der Waals surface area contributed by atoms with Gasteiger partial charge in [-0.25, -0.2) is 4.99 Å². The zero-order chi connectivity index (χ0) is 14.1. The van der Waals surface area contributed by atoms with Gasteiger partial charge in [0, 0.05) is 12.3 Å². The standard InChI is InChI=1S/C16H20N2O2/c1-20-15(19)8-6-10-5-7-12-11-3-2-4-13(11)16(17)18-14(12)9-10/h5,7,9,11,13H,2-4,6,8H2,1H3,(H2,17,18). The molecule has 1 aliphatic heterocycles. The quantitative estimate of drug-likeness (QED) is 0.860. The lowest BCUT2D eigenvalue weighted by Gasteiger charge is -2.26. The number of carbonyl (C=O) groups excluding carboxylic acids is 1. The van der Waals surface area contributed by atoms with Crippen molar-refractivity contribution in [2.24, 2.45) is 16.6 Å². The molecule has 1 aromatic carbocycles. The maximum Gasteiger partial charge on any atom is 0.305 e. The zero-order valence-electron chi connectivity index (χ0n) is 11.8. The van der Waals surface area contributed by atoms with Crippen LogP contribution >= 0.6 is 0 Å². The molecule has 1 heterocycles. The minimum Gasteiger partial charge on any atom is -0.469 e. The van der Waals surface area contributed by atoms with Crippen LogP contribution in [0.2, 0.25) is 0 Å². The molecule has 0 spiro atoms. The second-order valence-electron chi connectivity index (χ2n) is 5.65. The Balaban J connectivity index is 1.84. The van der Waals surface area contributed by atoms with Crippen molar-refractivity contribution < 1.29 is 9.53 Å². The Bertz CT molecular complexity index is 566. The number of amidine groups is 1. The number of aryl methyl sites for hydroxylation is 1. The number of benzene rings is 1. The van der Waals surface area contributed by atoms with E-state index in [9.17, 15) is 4.79 Å². The summed E-state index contributed by atoms with van der Waals surface area (Å²) in [7, 11) is 1.42. The van der Waals surface area contributed by atoms with Gasteiger partial charge in [0.2, 0.25) is 0 Å². The van der Waals surface area contributed by atoms with E-state index in [-0.39, 0.29) is 5.97 Å². The fraction of sp³-hybridized carbons (Fsp3) is 0.500. The predicted octanol–water partition coefficient (Wildman–Crippen LogP) is 2.68. The van der Waals surface area contributed by atoms with E-state index in [1.54, 1.807) is 0 Å². The summed E-state index contributed by atoms with van der Waals surface area (Å²) in [6.45, 7) is 0. The molecule has 0 radical (unpaired) electrons. The summed E-state index contributed by atoms with van der Waals surface area (Å²) < 4.78 is 4.67. The number of rotatable bonds is 3. The van der Waals surface area contributed by atoms with Gasteiger partial charge in [-0.05, 0) is 42.4 Å². The van der Waals surface area contributed by atoms with Crippen LogP contribution in [0.1, 0.15) is 42.7 Å². The van der Waals surface area contributed by atoms with E-state index in [0.29, 0.717) is 24.7 Å². The molecule has 0 bridgehead atoms. The number of hydrogen-bond donors (Lipinski definition) is 1. The van der Waals surface area contributed by atoms with Gasteiger partial charge in [0.1, 0.15) is 5.84 Å². The molecule has 106 valence electrons. The SMILES string of the molecule is COC(=O)CCc1ccc2c(c1)N=C(N)C1CCCC21. The minimum atomic E-state index is -0.179. The number of esters is 1. The molecule has 0 saturated heterocycles. The van der Waals surface area contributed by atoms with Gasteiger partial charge in [0.05, 0.1) is 12.8 Å². The van der Waals surface area contributed by atoms with Crippen LogP contribution in [-0.4, -0.2) is 18.9 Å². The monoisotopic (exact) mass is 272 g/mol. The molecule has 2 aliphatic rings. The topological polar surface area (TPSA) is 64.7 Å². The third kappa shape index (κ3) is 2.30. The van der Waals surface area contributed by atoms with Gasteiger partial charge in [-0.15, -0.1) is 0 Å². The van der Waals surface area contributed by atoms with E-state index in [1.807, 2.05) is 0 Å². The molecule has 2 unspecified atom stereocenters. The highest BCUT2D eigenvalue weighted by Gasteiger charge is 2.35. The molecular formula is C16H20N2O2. The molecule has 1 aromatic rings. The van der Waals surface area contributed by atoms with Crippen LogP contribution in [0.3, 0.4) is 0 Å². The number of hydrogen-bond acceptors (Lipinski definition) is 4. The number of nitrogens with two attached hydrogens (primary N) is 1. The molecule has 3 rings (SSSR count). The number of aliphatic imine (C=N–C) groups is 1. The van der Waals surface area contributed by atoms with E-state index in [0.717, 1.165) is 23.5 Å². The van der Waals surface area contributed by atoms with Gasteiger partial charge >= 0.3 is 5.97 Å². The van der Waals surface area contributed by atoms with Gasteiger partial charge in [-0.2, -0.15) is 0 Å². The Morgan fingerprint density at radius 1 is 1.40 bits per heavy atom. The zero-order valence-corrected chi connectivity index (χ0v) is 11.8. The van der Waals surface area contributed by atoms with Crippen molar-refractivity contribution in [3.63, 3.8) is 0 Å². The minimum absolute atomic E-state index is 0.179. The van der Waals surface area contributed by atoms with E-state index >= 15 is 0 Å². The first kappa shape index (κ1) is 13.2. The molecule has 1 saturated carbocycles. The first-order valence-electron chi connectivity index (χ1n) is 7.22. The first-order chi connectivity index (χ1) is 9.69. The van der Waals surface area contributed by atoms with Crippen molar-refractivity contribution in [3.05, 3.63) is 29.3 Å². The van der Waals surface area contributed by atoms with Crippen molar-refractivity contribution in [2.75, 3.05) is 7.11 Å². The summed E-state index contributed by atoms with van der Waals surface area (Å²) in [5.74, 6) is 1.58. The van der Waals surface area contributed by atoms with Crippen LogP contribution in [0.4, 0.5) is 5.69 Å². The number of nitrogens with zero attached hydrogens (tertiary/aromatic N) is 1. The number of fused-ring (bicyclic) bond motifs is 3. The summed E-state index contributed by atoms with van der Waals surface area (Å²) in [5, 5.41) is 0. The molecular weight excluding hydrogens is 252 g/mol. The number of carbonyl (C=O) groups is 1. The lowest BCUT2D eigenvalue weighted by molar-refractivity contribution is -0.140. The Hall–Kier alpha value is -1.84. The van der Waals surface area contributed by atoms with Crippen molar-refractivity contribution in [1.82, 2.24) is 0 Å². The van der Waals surface area contributed by atoms with Gasteiger partial charge in [0.15, 0.2) is 0 Å². The smallest absolute Gasteiger partial charge is 0.305 e. The maximum absolute atomic E-state index is 11.2. The Morgan fingerprint density at radius 2 is 2.20 bits per heavy atom. The highest BCUT2D eigenvalue weighted by Crippen LogP contribution is 2.46. The second kappa shape index (κ2) is 5.27. The Kier molecular flexibility index (Phi) is 3.47. The van der Waals surface area contributed by atoms with E-state index < -0.39 is 0 Å². The molecule has 0 aromatic heterocycles. The third-order valence-corrected chi connectivity index (χ3v) is 4.49. The summed E-state index contributed by atoms with van der Waals surface area (Å²) in [6, 6.07) is 6.34. The number of methoxy groups -OCH3 is 1. The molecule has 2 atom stereocenters. The molecule has 20 heavy (non-hydrogen) atoms. The largest absolute Gasteiger partial charge is 0.469 e. The van der Waals surface area contributed by atoms with Crippen LogP contribution in [0, 0.1) is 5.92 Å². The maximum atomic E-state index is 11.2. The highest BCUT2D eigenvalue weighted by atomic mass is 16.5. The fourth-order valence-electron chi connectivity index (χ4n) is 3.41. The summed E-state index contributed by atoms with van der Waals surface area (Å²) in [4.78, 5) is 15.8. The average Bonchev–Trinajstić information content (AvgIpc) is 2.94. The van der Waals surface area contributed by atoms with Gasteiger partial charge < -0.3 is 10.5 Å². The van der Waals surface area contributed by atoms with Gasteiger partial charge in [-0.3, -0.25) is 4.79 Å². The Labute approximate surface area is 119 Å². The van der Waals surface area contributed by atoms with Crippen LogP contribution in [0.25, 0.3) is 0 Å². The fourth-order valence-corrected chi connectivity index (χ4v) is 3.41. The first-order valence-corrected chi connectivity index (χ1v) is 7.22. The lowest BCUT2D eigenvalue weighted by Crippen LogP contribution is -2.28. The summed E-state index contributed by atoms with van der Waals surface area (Å²) >= 11 is 0. The van der Waals surface area contributed by atoms with Gasteiger partial charge in [0.25, 0.3) is 0 Å². The molecule has 1 fully saturated rings. The van der Waals surface area contributed by atoms with Crippen molar-refractivity contribution in [3.8, 4) is 0 Å². The van der Waals surface area contributed by atoms with Crippen molar-refractivity contribution in [2.45, 2.75) is 38.0 Å². The van der Waals surface area contributed by atoms with Crippen LogP contribution in [0.15, 0.2) is 23.2 Å². The summed E-state index contributed by atoms with van der Waals surface area (Å²) in [5.41, 5.74) is 9.53. The van der Waals surface area contributed by atoms with Crippen LogP contribution in [-0.2, 0) is 16.0 Å². The van der Waals surface area contributed by atoms with E-state index in [4.69, 9.17) is 5.73 Å². The summed E-state index contributed by atoms with van der Waals surface area (Å²) in [6.07, 6.45) is 4.68. The average molecular weight is 272 g/mol. The van der Waals surface area contributed by atoms with E-state index in [1.165, 1.54) is 25.5 Å². The Morgan fingerprint density at radius 3 is 3.00 bits per heavy atom. The van der Waals surface area contributed by atoms with Crippen molar-refractivity contribution in [1.29, 1.82) is 0 Å². The number of ether oxygens (including phenoxy) is 1. The highest BCUT2D eigenvalue weighted by molar-refractivity contribution is 5.89. The molecule has 4 nitrogen and oxygen atoms in total. The molecule has 2 N–H and O–H groups in total. The van der Waals surface area contributed by atoms with Crippen LogP contribution in [0.5, 0.6) is 0 Å². The van der Waals surface area contributed by atoms with Crippen LogP contribution < -0.4 is 5.73 Å². The van der Waals surface area contributed by atoms with Crippen molar-refractivity contribution >= 4 is 17.5 Å². The van der Waals surface area contributed by atoms with E-state index in [2.05, 4.69) is 27.9 Å². The normalized spacial score (nSPS) is 23.8. The lowest BCUT2D eigenvalue weighted by atomic mass is 9.84. The second-order valence-corrected chi connectivity index (χ2v) is 5.65. The predicted molar refractivity (Wildman–Crippen MR) is 78.1 cm³/mol. The molecule has 0 amide bonds. The molecule has 4 heteroatoms. The third-order valence-electron chi connectivity index (χ3n) is 4.49. The molecule has 1 aliphatic carbocycles.